The molecule has 25 heavy (non-hydrogen) atoms. The molecule has 3 atom stereocenters. The second-order valence-corrected chi connectivity index (χ2v) is 9.47. The number of fused-ring (bicyclic) bond motifs is 1. The summed E-state index contributed by atoms with van der Waals surface area (Å²) in [6.45, 7) is 14.1. The molecule has 0 heteroatoms. The lowest BCUT2D eigenvalue weighted by Crippen LogP contribution is -2.38. The van der Waals surface area contributed by atoms with Crippen LogP contribution in [0, 0.1) is 17.3 Å². The number of benzene rings is 1. The van der Waals surface area contributed by atoms with Crippen molar-refractivity contribution in [3.63, 3.8) is 0 Å². The van der Waals surface area contributed by atoms with E-state index in [0.29, 0.717) is 17.3 Å². The molecule has 0 spiro atoms. The Labute approximate surface area is 155 Å². The Morgan fingerprint density at radius 1 is 1.08 bits per heavy atom. The van der Waals surface area contributed by atoms with Crippen LogP contribution in [-0.2, 0) is 0 Å². The molecule has 2 aliphatic rings. The van der Waals surface area contributed by atoms with Crippen LogP contribution < -0.4 is 0 Å². The first-order valence-corrected chi connectivity index (χ1v) is 10.3. The predicted molar refractivity (Wildman–Crippen MR) is 110 cm³/mol. The van der Waals surface area contributed by atoms with E-state index in [0.717, 1.165) is 11.8 Å². The standard InChI is InChI=1S/C25H36/c1-17(2)15-22-11-12-23-16-19(5)13-14-25(23,6)24(22)21-9-7-20(8-10-21)18(3)4/h7-10,13,16-18,22,24H,11-12,14-15H2,1-6H3. The number of allylic oxidation sites excluding steroid dienone is 4. The maximum absolute atomic E-state index is 2.54. The van der Waals surface area contributed by atoms with Gasteiger partial charge in [0.2, 0.25) is 0 Å². The van der Waals surface area contributed by atoms with Gasteiger partial charge in [-0.25, -0.2) is 0 Å². The molecule has 0 aliphatic heterocycles. The second-order valence-electron chi connectivity index (χ2n) is 9.47. The summed E-state index contributed by atoms with van der Waals surface area (Å²) in [5.41, 5.74) is 6.49. The largest absolute Gasteiger partial charge is 0.0807 e. The Morgan fingerprint density at radius 2 is 1.76 bits per heavy atom. The Hall–Kier alpha value is -1.30. The molecule has 0 saturated heterocycles. The predicted octanol–water partition coefficient (Wildman–Crippen LogP) is 7.63. The Morgan fingerprint density at radius 3 is 2.36 bits per heavy atom. The van der Waals surface area contributed by atoms with Crippen LogP contribution in [-0.4, -0.2) is 0 Å². The molecule has 0 radical (unpaired) electrons. The third kappa shape index (κ3) is 3.64. The SMILES string of the molecule is CC1=CCC2(C)C(=C1)CCC(CC(C)C)C2c1ccc(C(C)C)cc1. The van der Waals surface area contributed by atoms with Gasteiger partial charge in [0.05, 0.1) is 0 Å². The second kappa shape index (κ2) is 7.14. The van der Waals surface area contributed by atoms with Crippen molar-refractivity contribution < 1.29 is 0 Å². The molecule has 1 saturated carbocycles. The summed E-state index contributed by atoms with van der Waals surface area (Å²) in [6, 6.07) is 9.62. The molecule has 1 aromatic carbocycles. The van der Waals surface area contributed by atoms with Gasteiger partial charge in [-0.1, -0.05) is 82.2 Å². The van der Waals surface area contributed by atoms with Crippen molar-refractivity contribution in [1.82, 2.24) is 0 Å². The van der Waals surface area contributed by atoms with E-state index in [4.69, 9.17) is 0 Å². The van der Waals surface area contributed by atoms with E-state index in [9.17, 15) is 0 Å². The summed E-state index contributed by atoms with van der Waals surface area (Å²) in [5, 5.41) is 0. The third-order valence-corrected chi connectivity index (χ3v) is 6.66. The fraction of sp³-hybridized carbons (Fsp3) is 0.600. The summed E-state index contributed by atoms with van der Waals surface area (Å²) >= 11 is 0. The summed E-state index contributed by atoms with van der Waals surface area (Å²) in [5.74, 6) is 2.84. The van der Waals surface area contributed by atoms with Gasteiger partial charge in [-0.2, -0.15) is 0 Å². The van der Waals surface area contributed by atoms with E-state index in [1.807, 2.05) is 0 Å². The van der Waals surface area contributed by atoms with Crippen molar-refractivity contribution in [2.75, 3.05) is 0 Å². The minimum absolute atomic E-state index is 0.302. The van der Waals surface area contributed by atoms with Gasteiger partial charge in [-0.05, 0) is 72.8 Å². The molecule has 3 unspecified atom stereocenters. The molecule has 2 aliphatic carbocycles. The molecular formula is C25H36. The normalized spacial score (nSPS) is 29.4. The molecule has 1 fully saturated rings. The van der Waals surface area contributed by atoms with Crippen LogP contribution in [0.1, 0.15) is 90.2 Å². The van der Waals surface area contributed by atoms with E-state index >= 15 is 0 Å². The van der Waals surface area contributed by atoms with Gasteiger partial charge in [-0.15, -0.1) is 0 Å². The summed E-state index contributed by atoms with van der Waals surface area (Å²) < 4.78 is 0. The Balaban J connectivity index is 2.01. The van der Waals surface area contributed by atoms with Crippen LogP contribution in [0.25, 0.3) is 0 Å². The lowest BCUT2D eigenvalue weighted by molar-refractivity contribution is 0.159. The van der Waals surface area contributed by atoms with E-state index in [1.54, 1.807) is 11.1 Å². The molecular weight excluding hydrogens is 300 g/mol. The number of rotatable bonds is 4. The van der Waals surface area contributed by atoms with Crippen molar-refractivity contribution >= 4 is 0 Å². The van der Waals surface area contributed by atoms with Crippen molar-refractivity contribution in [3.8, 4) is 0 Å². The minimum Gasteiger partial charge on any atom is -0.0807 e. The average Bonchev–Trinajstić information content (AvgIpc) is 2.55. The molecule has 3 rings (SSSR count). The fourth-order valence-electron chi connectivity index (χ4n) is 5.30. The van der Waals surface area contributed by atoms with Gasteiger partial charge in [0.1, 0.15) is 0 Å². The fourth-order valence-corrected chi connectivity index (χ4v) is 5.30. The molecule has 0 nitrogen and oxygen atoms in total. The zero-order valence-corrected chi connectivity index (χ0v) is 17.1. The third-order valence-electron chi connectivity index (χ3n) is 6.66. The highest BCUT2D eigenvalue weighted by molar-refractivity contribution is 5.40. The zero-order valence-electron chi connectivity index (χ0n) is 17.1. The molecule has 136 valence electrons. The first-order chi connectivity index (χ1) is 11.8. The lowest BCUT2D eigenvalue weighted by atomic mass is 9.54. The van der Waals surface area contributed by atoms with Crippen LogP contribution in [0.4, 0.5) is 0 Å². The Kier molecular flexibility index (Phi) is 5.28. The van der Waals surface area contributed by atoms with Gasteiger partial charge in [-0.3, -0.25) is 0 Å². The van der Waals surface area contributed by atoms with E-state index < -0.39 is 0 Å². The first-order valence-electron chi connectivity index (χ1n) is 10.3. The van der Waals surface area contributed by atoms with Gasteiger partial charge in [0, 0.05) is 0 Å². The summed E-state index contributed by atoms with van der Waals surface area (Å²) in [7, 11) is 0. The zero-order chi connectivity index (χ0) is 18.2. The van der Waals surface area contributed by atoms with Crippen LogP contribution in [0.2, 0.25) is 0 Å². The van der Waals surface area contributed by atoms with Gasteiger partial charge in [0.15, 0.2) is 0 Å². The first kappa shape index (κ1) is 18.5. The molecule has 1 aromatic rings. The smallest absolute Gasteiger partial charge is 0.000724 e. The summed E-state index contributed by atoms with van der Waals surface area (Å²) in [6.07, 6.45) is 10.2. The lowest BCUT2D eigenvalue weighted by Gasteiger charge is -2.50. The monoisotopic (exact) mass is 336 g/mol. The van der Waals surface area contributed by atoms with E-state index in [2.05, 4.69) is 78.0 Å². The van der Waals surface area contributed by atoms with Gasteiger partial charge < -0.3 is 0 Å². The van der Waals surface area contributed by atoms with Crippen LogP contribution in [0.3, 0.4) is 0 Å². The van der Waals surface area contributed by atoms with Crippen LogP contribution in [0.15, 0.2) is 47.6 Å². The van der Waals surface area contributed by atoms with Crippen molar-refractivity contribution in [2.24, 2.45) is 17.3 Å². The van der Waals surface area contributed by atoms with Gasteiger partial charge >= 0.3 is 0 Å². The molecule has 0 amide bonds. The van der Waals surface area contributed by atoms with Crippen LogP contribution in [0.5, 0.6) is 0 Å². The molecule has 0 N–H and O–H groups in total. The van der Waals surface area contributed by atoms with E-state index in [1.165, 1.54) is 36.8 Å². The molecule has 0 aromatic heterocycles. The van der Waals surface area contributed by atoms with Crippen LogP contribution >= 0.6 is 0 Å². The number of hydrogen-bond donors (Lipinski definition) is 0. The number of hydrogen-bond acceptors (Lipinski definition) is 0. The highest BCUT2D eigenvalue weighted by atomic mass is 14.5. The highest BCUT2D eigenvalue weighted by Crippen LogP contribution is 2.58. The van der Waals surface area contributed by atoms with Gasteiger partial charge in [0.25, 0.3) is 0 Å². The highest BCUT2D eigenvalue weighted by Gasteiger charge is 2.46. The average molecular weight is 337 g/mol. The molecule has 0 bridgehead atoms. The maximum atomic E-state index is 2.54. The van der Waals surface area contributed by atoms with Crippen molar-refractivity contribution in [2.45, 2.75) is 79.1 Å². The van der Waals surface area contributed by atoms with Crippen molar-refractivity contribution in [1.29, 1.82) is 0 Å². The quantitative estimate of drug-likeness (QED) is 0.530. The van der Waals surface area contributed by atoms with E-state index in [-0.39, 0.29) is 0 Å². The maximum Gasteiger partial charge on any atom is -0.000724 e. The summed E-state index contributed by atoms with van der Waals surface area (Å²) in [4.78, 5) is 0. The molecule has 0 heterocycles. The minimum atomic E-state index is 0.302. The van der Waals surface area contributed by atoms with Crippen molar-refractivity contribution in [3.05, 3.63) is 58.7 Å². The Bertz CT molecular complexity index is 656. The topological polar surface area (TPSA) is 0 Å².